The van der Waals surface area contributed by atoms with E-state index in [4.69, 9.17) is 0 Å². The van der Waals surface area contributed by atoms with Crippen molar-refractivity contribution in [3.63, 3.8) is 0 Å². The molecule has 0 saturated carbocycles. The van der Waals surface area contributed by atoms with Crippen molar-refractivity contribution in [1.29, 1.82) is 0 Å². The number of rotatable bonds is 1. The van der Waals surface area contributed by atoms with Gasteiger partial charge in [-0.2, -0.15) is 0 Å². The first kappa shape index (κ1) is 12.1. The number of fused-ring (bicyclic) bond motifs is 1. The van der Waals surface area contributed by atoms with Crippen LogP contribution in [0.5, 0.6) is 0 Å². The number of amides is 1. The van der Waals surface area contributed by atoms with Crippen molar-refractivity contribution in [2.45, 2.75) is 11.8 Å². The van der Waals surface area contributed by atoms with Crippen LogP contribution < -0.4 is 5.32 Å². The number of anilines is 1. The van der Waals surface area contributed by atoms with Crippen LogP contribution >= 0.6 is 11.8 Å². The fourth-order valence-electron chi connectivity index (χ4n) is 1.95. The fourth-order valence-corrected chi connectivity index (χ4v) is 2.99. The van der Waals surface area contributed by atoms with E-state index in [1.165, 1.54) is 5.56 Å². The highest BCUT2D eigenvalue weighted by molar-refractivity contribution is 8.08. The molecule has 94 valence electrons. The minimum atomic E-state index is -0.0759. The average molecular weight is 267 g/mol. The molecule has 0 aliphatic carbocycles. The molecule has 0 bridgehead atoms. The van der Waals surface area contributed by atoms with Crippen LogP contribution in [0.15, 0.2) is 59.5 Å². The normalized spacial score (nSPS) is 14.2. The van der Waals surface area contributed by atoms with Crippen LogP contribution in [0.25, 0.3) is 4.91 Å². The van der Waals surface area contributed by atoms with Crippen molar-refractivity contribution < 1.29 is 4.79 Å². The maximum atomic E-state index is 11.9. The van der Waals surface area contributed by atoms with Crippen LogP contribution in [0, 0.1) is 6.92 Å². The van der Waals surface area contributed by atoms with Gasteiger partial charge in [0.15, 0.2) is 0 Å². The fraction of sp³-hybridized carbons (Fsp3) is 0.0625. The number of benzene rings is 2. The maximum absolute atomic E-state index is 11.9. The third-order valence-electron chi connectivity index (χ3n) is 2.96. The summed E-state index contributed by atoms with van der Waals surface area (Å²) in [7, 11) is 0. The molecule has 0 saturated heterocycles. The van der Waals surface area contributed by atoms with Crippen molar-refractivity contribution in [2.75, 3.05) is 5.32 Å². The van der Waals surface area contributed by atoms with Gasteiger partial charge in [0.1, 0.15) is 0 Å². The van der Waals surface area contributed by atoms with Gasteiger partial charge in [0, 0.05) is 15.9 Å². The van der Waals surface area contributed by atoms with E-state index >= 15 is 0 Å². The van der Waals surface area contributed by atoms with Gasteiger partial charge in [-0.3, -0.25) is 4.79 Å². The van der Waals surface area contributed by atoms with E-state index < -0.39 is 0 Å². The number of carbonyl (C=O) groups excluding carboxylic acids is 1. The first-order valence-corrected chi connectivity index (χ1v) is 6.90. The summed E-state index contributed by atoms with van der Waals surface area (Å²) in [6.07, 6.45) is 1.66. The molecule has 3 rings (SSSR count). The van der Waals surface area contributed by atoms with E-state index in [2.05, 4.69) is 36.5 Å². The third-order valence-corrected chi connectivity index (χ3v) is 4.11. The van der Waals surface area contributed by atoms with Crippen molar-refractivity contribution in [3.05, 3.63) is 65.7 Å². The number of para-hydroxylation sites is 1. The Morgan fingerprint density at radius 2 is 1.74 bits per heavy atom. The first-order chi connectivity index (χ1) is 9.22. The standard InChI is InChI=1S/C16H13NOS/c1-11-6-8-12(9-7-11)15-10-16(18)17-13-4-2-3-5-14(13)19-15/h2-10H,1H3,(H,17,18). The molecule has 1 heterocycles. The lowest BCUT2D eigenvalue weighted by Crippen LogP contribution is -2.07. The molecule has 0 radical (unpaired) electrons. The van der Waals surface area contributed by atoms with Gasteiger partial charge in [0.25, 0.3) is 0 Å². The Labute approximate surface area is 116 Å². The molecule has 1 aliphatic heterocycles. The summed E-state index contributed by atoms with van der Waals surface area (Å²) >= 11 is 1.62. The molecule has 19 heavy (non-hydrogen) atoms. The van der Waals surface area contributed by atoms with Crippen LogP contribution in [-0.2, 0) is 4.79 Å². The van der Waals surface area contributed by atoms with Gasteiger partial charge >= 0.3 is 0 Å². The molecule has 2 aromatic carbocycles. The zero-order valence-corrected chi connectivity index (χ0v) is 11.3. The number of aryl methyl sites for hydroxylation is 1. The molecule has 1 aliphatic rings. The Morgan fingerprint density at radius 1 is 1.00 bits per heavy atom. The lowest BCUT2D eigenvalue weighted by molar-refractivity contribution is -0.111. The largest absolute Gasteiger partial charge is 0.321 e. The molecular weight excluding hydrogens is 254 g/mol. The number of carbonyl (C=O) groups is 1. The van der Waals surface area contributed by atoms with E-state index in [1.807, 2.05) is 24.3 Å². The predicted molar refractivity (Wildman–Crippen MR) is 80.1 cm³/mol. The van der Waals surface area contributed by atoms with E-state index in [1.54, 1.807) is 17.8 Å². The van der Waals surface area contributed by atoms with Gasteiger partial charge < -0.3 is 5.32 Å². The quantitative estimate of drug-likeness (QED) is 0.843. The molecule has 0 atom stereocenters. The topological polar surface area (TPSA) is 29.1 Å². The number of hydrogen-bond acceptors (Lipinski definition) is 2. The second-order valence-corrected chi connectivity index (χ2v) is 5.55. The van der Waals surface area contributed by atoms with Gasteiger partial charge in [-0.25, -0.2) is 0 Å². The molecule has 2 aromatic rings. The monoisotopic (exact) mass is 267 g/mol. The third kappa shape index (κ3) is 2.56. The Morgan fingerprint density at radius 3 is 2.53 bits per heavy atom. The molecule has 0 unspecified atom stereocenters. The molecule has 0 spiro atoms. The SMILES string of the molecule is Cc1ccc(C2=CC(=O)Nc3ccccc3S2)cc1. The van der Waals surface area contributed by atoms with Crippen molar-refractivity contribution in [2.24, 2.45) is 0 Å². The Bertz CT molecular complexity index is 659. The summed E-state index contributed by atoms with van der Waals surface area (Å²) in [6, 6.07) is 16.1. The van der Waals surface area contributed by atoms with Crippen molar-refractivity contribution in [3.8, 4) is 0 Å². The highest BCUT2D eigenvalue weighted by Gasteiger charge is 2.15. The van der Waals surface area contributed by atoms with Crippen molar-refractivity contribution >= 4 is 28.3 Å². The average Bonchev–Trinajstić information content (AvgIpc) is 2.57. The number of nitrogens with one attached hydrogen (secondary N) is 1. The summed E-state index contributed by atoms with van der Waals surface area (Å²) in [6.45, 7) is 2.06. The van der Waals surface area contributed by atoms with Gasteiger partial charge in [0.2, 0.25) is 5.91 Å². The molecule has 1 N–H and O–H groups in total. The molecule has 0 aromatic heterocycles. The molecular formula is C16H13NOS. The second kappa shape index (κ2) is 4.94. The smallest absolute Gasteiger partial charge is 0.249 e. The first-order valence-electron chi connectivity index (χ1n) is 6.09. The van der Waals surface area contributed by atoms with Crippen molar-refractivity contribution in [1.82, 2.24) is 0 Å². The van der Waals surface area contributed by atoms with Crippen LogP contribution in [0.2, 0.25) is 0 Å². The van der Waals surface area contributed by atoms with E-state index in [9.17, 15) is 4.79 Å². The Hall–Kier alpha value is -2.00. The summed E-state index contributed by atoms with van der Waals surface area (Å²) in [4.78, 5) is 13.9. The Kier molecular flexibility index (Phi) is 3.13. The summed E-state index contributed by atoms with van der Waals surface area (Å²) < 4.78 is 0. The molecule has 3 heteroatoms. The highest BCUT2D eigenvalue weighted by atomic mass is 32.2. The van der Waals surface area contributed by atoms with Crippen LogP contribution in [0.4, 0.5) is 5.69 Å². The second-order valence-electron chi connectivity index (χ2n) is 4.46. The van der Waals surface area contributed by atoms with Gasteiger partial charge in [-0.1, -0.05) is 53.7 Å². The molecule has 0 fully saturated rings. The lowest BCUT2D eigenvalue weighted by atomic mass is 10.1. The summed E-state index contributed by atoms with van der Waals surface area (Å²) in [5.41, 5.74) is 3.16. The van der Waals surface area contributed by atoms with Crippen LogP contribution in [0.1, 0.15) is 11.1 Å². The van der Waals surface area contributed by atoms with Gasteiger partial charge in [-0.05, 0) is 24.6 Å². The maximum Gasteiger partial charge on any atom is 0.249 e. The number of thioether (sulfide) groups is 1. The van der Waals surface area contributed by atoms with E-state index in [0.717, 1.165) is 21.1 Å². The van der Waals surface area contributed by atoms with E-state index in [-0.39, 0.29) is 5.91 Å². The lowest BCUT2D eigenvalue weighted by Gasteiger charge is -2.07. The van der Waals surface area contributed by atoms with E-state index in [0.29, 0.717) is 0 Å². The van der Waals surface area contributed by atoms with Crippen LogP contribution in [-0.4, -0.2) is 5.91 Å². The van der Waals surface area contributed by atoms with Gasteiger partial charge in [-0.15, -0.1) is 0 Å². The predicted octanol–water partition coefficient (Wildman–Crippen LogP) is 4.08. The van der Waals surface area contributed by atoms with Gasteiger partial charge in [0.05, 0.1) is 5.69 Å². The molecule has 1 amide bonds. The Balaban J connectivity index is 2.03. The highest BCUT2D eigenvalue weighted by Crippen LogP contribution is 2.40. The number of hydrogen-bond donors (Lipinski definition) is 1. The summed E-state index contributed by atoms with van der Waals surface area (Å²) in [5, 5.41) is 2.90. The zero-order valence-electron chi connectivity index (χ0n) is 10.5. The molecule has 2 nitrogen and oxygen atoms in total. The minimum Gasteiger partial charge on any atom is -0.321 e. The zero-order chi connectivity index (χ0) is 13.2. The van der Waals surface area contributed by atoms with Crippen LogP contribution in [0.3, 0.4) is 0 Å². The summed E-state index contributed by atoms with van der Waals surface area (Å²) in [5.74, 6) is -0.0759. The minimum absolute atomic E-state index is 0.0759.